The second-order valence-corrected chi connectivity index (χ2v) is 3.70. The first-order valence-corrected chi connectivity index (χ1v) is 4.88. The Labute approximate surface area is 101 Å². The van der Waals surface area contributed by atoms with Gasteiger partial charge in [0.05, 0.1) is 12.2 Å². The van der Waals surface area contributed by atoms with Crippen molar-refractivity contribution in [1.82, 2.24) is 14.9 Å². The Morgan fingerprint density at radius 1 is 1.56 bits per heavy atom. The summed E-state index contributed by atoms with van der Waals surface area (Å²) in [4.78, 5) is 14.9. The number of carbonyl (C=O) groups is 1. The van der Waals surface area contributed by atoms with Crippen molar-refractivity contribution in [2.45, 2.75) is 33.4 Å². The molecule has 0 fully saturated rings. The lowest BCUT2D eigenvalue weighted by Gasteiger charge is -2.08. The predicted octanol–water partition coefficient (Wildman–Crippen LogP) is 1.02. The number of aromatic nitrogens is 2. The Morgan fingerprint density at radius 2 is 2.12 bits per heavy atom. The standard InChI is InChI=1S/C10H17N3O2.ClH/c1-6-8(3)13(4)9(12-6)5-11-7(2)10(14)15;/h7,11H,5H2,1-4H3,(H,14,15);1H. The SMILES string of the molecule is Cc1nc(CNC(C)C(=O)O)n(C)c1C.Cl. The van der Waals surface area contributed by atoms with Crippen molar-refractivity contribution < 1.29 is 9.90 Å². The van der Waals surface area contributed by atoms with Gasteiger partial charge in [0.25, 0.3) is 0 Å². The number of hydrogen-bond donors (Lipinski definition) is 2. The molecule has 0 aliphatic rings. The van der Waals surface area contributed by atoms with E-state index < -0.39 is 12.0 Å². The number of nitrogens with one attached hydrogen (secondary N) is 1. The number of aryl methyl sites for hydroxylation is 1. The van der Waals surface area contributed by atoms with Gasteiger partial charge in [0.15, 0.2) is 0 Å². The van der Waals surface area contributed by atoms with E-state index in [0.717, 1.165) is 17.2 Å². The zero-order valence-electron chi connectivity index (χ0n) is 9.94. The molecule has 1 aromatic rings. The Kier molecular flexibility index (Phi) is 5.47. The highest BCUT2D eigenvalue weighted by molar-refractivity contribution is 5.85. The molecule has 1 rings (SSSR count). The molecule has 1 aromatic heterocycles. The number of imidazole rings is 1. The molecule has 92 valence electrons. The average Bonchev–Trinajstić information content (AvgIpc) is 2.42. The second-order valence-electron chi connectivity index (χ2n) is 3.70. The topological polar surface area (TPSA) is 67.2 Å². The number of aliphatic carboxylic acids is 1. The van der Waals surface area contributed by atoms with Crippen LogP contribution in [0.3, 0.4) is 0 Å². The number of halogens is 1. The zero-order chi connectivity index (χ0) is 11.6. The van der Waals surface area contributed by atoms with Gasteiger partial charge in [0.1, 0.15) is 11.9 Å². The van der Waals surface area contributed by atoms with Gasteiger partial charge in [-0.1, -0.05) is 0 Å². The summed E-state index contributed by atoms with van der Waals surface area (Å²) in [6.07, 6.45) is 0. The van der Waals surface area contributed by atoms with Crippen molar-refractivity contribution in [3.63, 3.8) is 0 Å². The Morgan fingerprint density at radius 3 is 2.50 bits per heavy atom. The summed E-state index contributed by atoms with van der Waals surface area (Å²) >= 11 is 0. The zero-order valence-corrected chi connectivity index (χ0v) is 10.8. The van der Waals surface area contributed by atoms with Gasteiger partial charge in [-0.25, -0.2) is 4.98 Å². The third-order valence-corrected chi connectivity index (χ3v) is 2.65. The van der Waals surface area contributed by atoms with Crippen LogP contribution in [0, 0.1) is 13.8 Å². The van der Waals surface area contributed by atoms with Gasteiger partial charge in [-0.15, -0.1) is 12.4 Å². The van der Waals surface area contributed by atoms with Crippen LogP contribution in [0.2, 0.25) is 0 Å². The minimum absolute atomic E-state index is 0. The largest absolute Gasteiger partial charge is 0.480 e. The average molecular weight is 248 g/mol. The molecule has 0 amide bonds. The quantitative estimate of drug-likeness (QED) is 0.834. The molecule has 0 saturated heterocycles. The molecule has 0 aliphatic carbocycles. The highest BCUT2D eigenvalue weighted by Gasteiger charge is 2.12. The van der Waals surface area contributed by atoms with Gasteiger partial charge >= 0.3 is 5.97 Å². The van der Waals surface area contributed by atoms with E-state index >= 15 is 0 Å². The van der Waals surface area contributed by atoms with E-state index in [1.54, 1.807) is 6.92 Å². The molecule has 1 atom stereocenters. The Balaban J connectivity index is 0.00000225. The van der Waals surface area contributed by atoms with Crippen molar-refractivity contribution >= 4 is 18.4 Å². The lowest BCUT2D eigenvalue weighted by Crippen LogP contribution is -2.33. The fraction of sp³-hybridized carbons (Fsp3) is 0.600. The van der Waals surface area contributed by atoms with E-state index in [4.69, 9.17) is 5.11 Å². The fourth-order valence-corrected chi connectivity index (χ4v) is 1.28. The number of rotatable bonds is 4. The first-order valence-electron chi connectivity index (χ1n) is 4.88. The molecule has 6 heteroatoms. The van der Waals surface area contributed by atoms with Crippen molar-refractivity contribution in [2.24, 2.45) is 7.05 Å². The van der Waals surface area contributed by atoms with E-state index in [9.17, 15) is 4.79 Å². The molecule has 0 radical (unpaired) electrons. The van der Waals surface area contributed by atoms with Crippen LogP contribution in [0.5, 0.6) is 0 Å². The normalized spacial score (nSPS) is 12.0. The third-order valence-electron chi connectivity index (χ3n) is 2.65. The van der Waals surface area contributed by atoms with Crippen molar-refractivity contribution in [2.75, 3.05) is 0 Å². The summed E-state index contributed by atoms with van der Waals surface area (Å²) < 4.78 is 1.97. The van der Waals surface area contributed by atoms with Gasteiger partial charge in [0.2, 0.25) is 0 Å². The number of carboxylic acids is 1. The first-order chi connectivity index (χ1) is 6.93. The molecule has 0 spiro atoms. The Hall–Kier alpha value is -1.07. The van der Waals surface area contributed by atoms with Gasteiger partial charge in [-0.05, 0) is 20.8 Å². The lowest BCUT2D eigenvalue weighted by atomic mass is 10.3. The van der Waals surface area contributed by atoms with E-state index in [1.165, 1.54) is 0 Å². The molecule has 0 bridgehead atoms. The van der Waals surface area contributed by atoms with E-state index in [0.29, 0.717) is 6.54 Å². The van der Waals surface area contributed by atoms with Crippen LogP contribution in [0.4, 0.5) is 0 Å². The summed E-state index contributed by atoms with van der Waals surface area (Å²) in [7, 11) is 1.93. The van der Waals surface area contributed by atoms with Crippen molar-refractivity contribution in [3.8, 4) is 0 Å². The molecule has 0 aromatic carbocycles. The maximum atomic E-state index is 10.6. The van der Waals surface area contributed by atoms with Crippen LogP contribution < -0.4 is 5.32 Å². The summed E-state index contributed by atoms with van der Waals surface area (Å²) in [6.45, 7) is 6.02. The van der Waals surface area contributed by atoms with Crippen molar-refractivity contribution in [3.05, 3.63) is 17.2 Å². The molecular formula is C10H18ClN3O2. The van der Waals surface area contributed by atoms with Crippen LogP contribution in [-0.2, 0) is 18.4 Å². The van der Waals surface area contributed by atoms with E-state index in [-0.39, 0.29) is 12.4 Å². The maximum Gasteiger partial charge on any atom is 0.320 e. The smallest absolute Gasteiger partial charge is 0.320 e. The predicted molar refractivity (Wildman–Crippen MR) is 63.9 cm³/mol. The highest BCUT2D eigenvalue weighted by Crippen LogP contribution is 2.07. The molecule has 16 heavy (non-hydrogen) atoms. The molecule has 1 unspecified atom stereocenters. The molecule has 0 aliphatic heterocycles. The van der Waals surface area contributed by atoms with Gasteiger partial charge in [-0.3, -0.25) is 10.1 Å². The fourth-order valence-electron chi connectivity index (χ4n) is 1.28. The van der Waals surface area contributed by atoms with E-state index in [1.807, 2.05) is 25.5 Å². The molecule has 1 heterocycles. The van der Waals surface area contributed by atoms with Crippen LogP contribution in [-0.4, -0.2) is 26.7 Å². The summed E-state index contributed by atoms with van der Waals surface area (Å²) in [5, 5.41) is 11.6. The number of carboxylic acid groups (broad SMARTS) is 1. The first kappa shape index (κ1) is 14.9. The molecule has 0 saturated carbocycles. The Bertz CT molecular complexity index is 376. The number of nitrogens with zero attached hydrogens (tertiary/aromatic N) is 2. The van der Waals surface area contributed by atoms with Gasteiger partial charge in [-0.2, -0.15) is 0 Å². The lowest BCUT2D eigenvalue weighted by molar-refractivity contribution is -0.139. The highest BCUT2D eigenvalue weighted by atomic mass is 35.5. The second kappa shape index (κ2) is 5.86. The van der Waals surface area contributed by atoms with Gasteiger partial charge < -0.3 is 9.67 Å². The maximum absolute atomic E-state index is 10.6. The monoisotopic (exact) mass is 247 g/mol. The molecule has 5 nitrogen and oxygen atoms in total. The molecule has 2 N–H and O–H groups in total. The van der Waals surface area contributed by atoms with Crippen LogP contribution in [0.25, 0.3) is 0 Å². The minimum Gasteiger partial charge on any atom is -0.480 e. The van der Waals surface area contributed by atoms with Gasteiger partial charge in [0, 0.05) is 12.7 Å². The van der Waals surface area contributed by atoms with Crippen LogP contribution >= 0.6 is 12.4 Å². The number of hydrogen-bond acceptors (Lipinski definition) is 3. The van der Waals surface area contributed by atoms with Crippen LogP contribution in [0.1, 0.15) is 24.1 Å². The van der Waals surface area contributed by atoms with Crippen LogP contribution in [0.15, 0.2) is 0 Å². The van der Waals surface area contributed by atoms with E-state index in [2.05, 4.69) is 10.3 Å². The van der Waals surface area contributed by atoms with Crippen molar-refractivity contribution in [1.29, 1.82) is 0 Å². The summed E-state index contributed by atoms with van der Waals surface area (Å²) in [6, 6.07) is -0.553. The summed E-state index contributed by atoms with van der Waals surface area (Å²) in [5.41, 5.74) is 2.09. The minimum atomic E-state index is -0.849. The third kappa shape index (κ3) is 3.21. The summed E-state index contributed by atoms with van der Waals surface area (Å²) in [5.74, 6) is 0.00996. The molecular weight excluding hydrogens is 230 g/mol.